The van der Waals surface area contributed by atoms with Gasteiger partial charge in [0, 0.05) is 25.1 Å². The molecular formula is C15H19FN2O2. The summed E-state index contributed by atoms with van der Waals surface area (Å²) in [5, 5.41) is 3.92. The molecule has 1 aliphatic heterocycles. The average Bonchev–Trinajstić information content (AvgIpc) is 2.94. The number of oxime groups is 1. The summed E-state index contributed by atoms with van der Waals surface area (Å²) < 4.78 is 13.2. The molecule has 5 heteroatoms. The van der Waals surface area contributed by atoms with E-state index >= 15 is 0 Å². The molecule has 0 N–H and O–H groups in total. The average molecular weight is 278 g/mol. The molecule has 0 saturated heterocycles. The van der Waals surface area contributed by atoms with Gasteiger partial charge in [0.25, 0.3) is 5.91 Å². The van der Waals surface area contributed by atoms with Crippen LogP contribution in [-0.4, -0.2) is 35.7 Å². The van der Waals surface area contributed by atoms with E-state index in [1.807, 2.05) is 13.8 Å². The molecule has 1 heterocycles. The van der Waals surface area contributed by atoms with Crippen LogP contribution in [-0.2, 0) is 9.63 Å². The van der Waals surface area contributed by atoms with E-state index in [1.54, 1.807) is 24.1 Å². The van der Waals surface area contributed by atoms with Crippen molar-refractivity contribution in [1.29, 1.82) is 0 Å². The van der Waals surface area contributed by atoms with Crippen molar-refractivity contribution in [2.75, 3.05) is 7.05 Å². The van der Waals surface area contributed by atoms with E-state index in [0.717, 1.165) is 6.42 Å². The molecule has 0 spiro atoms. The van der Waals surface area contributed by atoms with Crippen LogP contribution in [0.2, 0.25) is 0 Å². The van der Waals surface area contributed by atoms with E-state index in [1.165, 1.54) is 12.1 Å². The molecule has 1 aromatic rings. The fourth-order valence-electron chi connectivity index (χ4n) is 2.07. The quantitative estimate of drug-likeness (QED) is 0.849. The van der Waals surface area contributed by atoms with E-state index in [-0.39, 0.29) is 17.8 Å². The topological polar surface area (TPSA) is 41.9 Å². The highest BCUT2D eigenvalue weighted by Crippen LogP contribution is 2.19. The first kappa shape index (κ1) is 14.5. The predicted molar refractivity (Wildman–Crippen MR) is 75.0 cm³/mol. The first-order valence-electron chi connectivity index (χ1n) is 6.78. The Bertz CT molecular complexity index is 530. The van der Waals surface area contributed by atoms with Gasteiger partial charge >= 0.3 is 0 Å². The maximum atomic E-state index is 13.2. The van der Waals surface area contributed by atoms with Crippen molar-refractivity contribution in [2.24, 2.45) is 5.16 Å². The zero-order chi connectivity index (χ0) is 14.7. The molecule has 0 aliphatic carbocycles. The fraction of sp³-hybridized carbons (Fsp3) is 0.467. The summed E-state index contributed by atoms with van der Waals surface area (Å²) in [7, 11) is 1.76. The number of benzene rings is 1. The van der Waals surface area contributed by atoms with Crippen LogP contribution < -0.4 is 0 Å². The maximum Gasteiger partial charge on any atom is 0.266 e. The number of carbonyl (C=O) groups is 1. The van der Waals surface area contributed by atoms with Crippen molar-refractivity contribution < 1.29 is 14.0 Å². The van der Waals surface area contributed by atoms with Crippen LogP contribution in [0.4, 0.5) is 4.39 Å². The van der Waals surface area contributed by atoms with Crippen LogP contribution in [0.15, 0.2) is 29.4 Å². The lowest BCUT2D eigenvalue weighted by molar-refractivity contribution is -0.142. The molecular weight excluding hydrogens is 259 g/mol. The Hall–Kier alpha value is -1.91. The second kappa shape index (κ2) is 6.03. The van der Waals surface area contributed by atoms with Gasteiger partial charge in [0.2, 0.25) is 6.10 Å². The smallest absolute Gasteiger partial charge is 0.266 e. The summed E-state index contributed by atoms with van der Waals surface area (Å²) in [5.41, 5.74) is 1.27. The first-order valence-corrected chi connectivity index (χ1v) is 6.78. The molecule has 4 nitrogen and oxygen atoms in total. The van der Waals surface area contributed by atoms with Crippen LogP contribution in [0.1, 0.15) is 32.3 Å². The first-order chi connectivity index (χ1) is 9.52. The lowest BCUT2D eigenvalue weighted by Crippen LogP contribution is -2.41. The molecule has 2 unspecified atom stereocenters. The summed E-state index contributed by atoms with van der Waals surface area (Å²) in [6.07, 6.45) is 0.655. The van der Waals surface area contributed by atoms with Crippen LogP contribution >= 0.6 is 0 Å². The normalized spacial score (nSPS) is 19.2. The van der Waals surface area contributed by atoms with Crippen molar-refractivity contribution in [3.05, 3.63) is 35.6 Å². The van der Waals surface area contributed by atoms with E-state index in [4.69, 9.17) is 4.84 Å². The third-order valence-corrected chi connectivity index (χ3v) is 3.70. The SMILES string of the molecule is CCC(C)N(C)C(=O)C1CC(c2cccc(F)c2)=NO1. The minimum atomic E-state index is -0.604. The minimum Gasteiger partial charge on any atom is -0.382 e. The van der Waals surface area contributed by atoms with E-state index in [2.05, 4.69) is 5.16 Å². The highest BCUT2D eigenvalue weighted by molar-refractivity contribution is 6.04. The molecule has 0 aromatic heterocycles. The molecule has 0 saturated carbocycles. The van der Waals surface area contributed by atoms with Gasteiger partial charge in [-0.3, -0.25) is 4.79 Å². The van der Waals surface area contributed by atoms with Crippen LogP contribution in [0.5, 0.6) is 0 Å². The molecule has 0 bridgehead atoms. The Balaban J connectivity index is 2.03. The maximum absolute atomic E-state index is 13.2. The van der Waals surface area contributed by atoms with Crippen molar-refractivity contribution in [2.45, 2.75) is 38.8 Å². The zero-order valence-corrected chi connectivity index (χ0v) is 12.0. The standard InChI is InChI=1S/C15H19FN2O2/c1-4-10(2)18(3)15(19)14-9-13(17-20-14)11-6-5-7-12(16)8-11/h5-8,10,14H,4,9H2,1-3H3. The van der Waals surface area contributed by atoms with Gasteiger partial charge in [-0.2, -0.15) is 0 Å². The number of likely N-dealkylation sites (N-methyl/N-ethyl adjacent to an activating group) is 1. The van der Waals surface area contributed by atoms with Crippen LogP contribution in [0, 0.1) is 5.82 Å². The van der Waals surface area contributed by atoms with E-state index in [9.17, 15) is 9.18 Å². The number of rotatable bonds is 4. The molecule has 108 valence electrons. The molecule has 2 rings (SSSR count). The lowest BCUT2D eigenvalue weighted by atomic mass is 10.0. The van der Waals surface area contributed by atoms with Crippen molar-refractivity contribution in [3.8, 4) is 0 Å². The van der Waals surface area contributed by atoms with Gasteiger partial charge in [0.1, 0.15) is 5.82 Å². The summed E-state index contributed by atoms with van der Waals surface area (Å²) >= 11 is 0. The summed E-state index contributed by atoms with van der Waals surface area (Å²) in [6, 6.07) is 6.31. The molecule has 1 aliphatic rings. The predicted octanol–water partition coefficient (Wildman–Crippen LogP) is 2.58. The number of hydrogen-bond acceptors (Lipinski definition) is 3. The second-order valence-corrected chi connectivity index (χ2v) is 5.05. The molecule has 0 fully saturated rings. The monoisotopic (exact) mass is 278 g/mol. The molecule has 2 atom stereocenters. The van der Waals surface area contributed by atoms with Crippen molar-refractivity contribution in [1.82, 2.24) is 4.90 Å². The zero-order valence-electron chi connectivity index (χ0n) is 12.0. The molecule has 20 heavy (non-hydrogen) atoms. The van der Waals surface area contributed by atoms with Crippen LogP contribution in [0.3, 0.4) is 0 Å². The number of halogens is 1. The van der Waals surface area contributed by atoms with Gasteiger partial charge in [-0.15, -0.1) is 0 Å². The number of nitrogens with zero attached hydrogens (tertiary/aromatic N) is 2. The van der Waals surface area contributed by atoms with Gasteiger partial charge < -0.3 is 9.74 Å². The summed E-state index contributed by atoms with van der Waals surface area (Å²) in [5.74, 6) is -0.411. The Labute approximate surface area is 118 Å². The minimum absolute atomic E-state index is 0.0884. The summed E-state index contributed by atoms with van der Waals surface area (Å²) in [4.78, 5) is 19.1. The third kappa shape index (κ3) is 2.98. The molecule has 0 radical (unpaired) electrons. The summed E-state index contributed by atoms with van der Waals surface area (Å²) in [6.45, 7) is 4.01. The van der Waals surface area contributed by atoms with Crippen molar-refractivity contribution >= 4 is 11.6 Å². The van der Waals surface area contributed by atoms with Gasteiger partial charge in [-0.05, 0) is 25.5 Å². The second-order valence-electron chi connectivity index (χ2n) is 5.05. The van der Waals surface area contributed by atoms with E-state index in [0.29, 0.717) is 17.7 Å². The van der Waals surface area contributed by atoms with Gasteiger partial charge in [0.05, 0.1) is 5.71 Å². The Kier molecular flexibility index (Phi) is 4.37. The van der Waals surface area contributed by atoms with Gasteiger partial charge in [0.15, 0.2) is 0 Å². The number of carbonyl (C=O) groups excluding carboxylic acids is 1. The lowest BCUT2D eigenvalue weighted by Gasteiger charge is -2.25. The highest BCUT2D eigenvalue weighted by atomic mass is 19.1. The Morgan fingerprint density at radius 3 is 3.00 bits per heavy atom. The third-order valence-electron chi connectivity index (χ3n) is 3.70. The molecule has 1 aromatic carbocycles. The van der Waals surface area contributed by atoms with Crippen LogP contribution in [0.25, 0.3) is 0 Å². The van der Waals surface area contributed by atoms with E-state index < -0.39 is 6.10 Å². The molecule has 1 amide bonds. The number of amides is 1. The van der Waals surface area contributed by atoms with Crippen molar-refractivity contribution in [3.63, 3.8) is 0 Å². The highest BCUT2D eigenvalue weighted by Gasteiger charge is 2.32. The Morgan fingerprint density at radius 2 is 2.35 bits per heavy atom. The van der Waals surface area contributed by atoms with Gasteiger partial charge in [-0.1, -0.05) is 24.2 Å². The Morgan fingerprint density at radius 1 is 1.60 bits per heavy atom. The largest absolute Gasteiger partial charge is 0.382 e. The van der Waals surface area contributed by atoms with Gasteiger partial charge in [-0.25, -0.2) is 4.39 Å². The number of hydrogen-bond donors (Lipinski definition) is 0. The fourth-order valence-corrected chi connectivity index (χ4v) is 2.07.